The minimum Gasteiger partial charge on any atom is -0.331 e. The summed E-state index contributed by atoms with van der Waals surface area (Å²) in [5.74, 6) is 1.21. The summed E-state index contributed by atoms with van der Waals surface area (Å²) in [5.41, 5.74) is 3.47. The number of benzene rings is 2. The second kappa shape index (κ2) is 7.32. The van der Waals surface area contributed by atoms with Crippen LogP contribution in [0.15, 0.2) is 48.5 Å². The molecule has 0 saturated carbocycles. The van der Waals surface area contributed by atoms with E-state index in [1.807, 2.05) is 23.1 Å². The first-order valence-corrected chi connectivity index (χ1v) is 10.5. The van der Waals surface area contributed by atoms with Crippen molar-refractivity contribution in [1.29, 1.82) is 0 Å². The average molecular weight is 378 g/mol. The van der Waals surface area contributed by atoms with Crippen molar-refractivity contribution < 1.29 is 9.18 Å². The van der Waals surface area contributed by atoms with E-state index in [1.54, 1.807) is 0 Å². The topological polar surface area (TPSA) is 23.6 Å². The Balaban J connectivity index is 1.43. The van der Waals surface area contributed by atoms with Crippen LogP contribution in [-0.2, 0) is 11.2 Å². The highest BCUT2D eigenvalue weighted by molar-refractivity contribution is 5.78. The highest BCUT2D eigenvalue weighted by Crippen LogP contribution is 2.38. The Morgan fingerprint density at radius 2 is 1.75 bits per heavy atom. The fraction of sp³-hybridized carbons (Fsp3) is 0.458. The Bertz CT molecular complexity index is 857. The maximum atomic E-state index is 13.5. The fourth-order valence-corrected chi connectivity index (χ4v) is 5.50. The second-order valence-electron chi connectivity index (χ2n) is 8.59. The van der Waals surface area contributed by atoms with Crippen LogP contribution in [0.5, 0.6) is 0 Å². The smallest absolute Gasteiger partial charge is 0.223 e. The van der Waals surface area contributed by atoms with E-state index >= 15 is 0 Å². The molecule has 4 aliphatic heterocycles. The third kappa shape index (κ3) is 3.24. The van der Waals surface area contributed by atoms with Gasteiger partial charge in [0.25, 0.3) is 0 Å². The van der Waals surface area contributed by atoms with Gasteiger partial charge in [-0.1, -0.05) is 36.4 Å². The molecule has 2 aromatic rings. The van der Waals surface area contributed by atoms with Gasteiger partial charge in [0.2, 0.25) is 5.91 Å². The zero-order valence-corrected chi connectivity index (χ0v) is 16.2. The van der Waals surface area contributed by atoms with Crippen molar-refractivity contribution in [2.75, 3.05) is 26.2 Å². The molecule has 2 aromatic carbocycles. The quantitative estimate of drug-likeness (QED) is 0.805. The molecule has 0 spiro atoms. The molecule has 4 heteroatoms. The van der Waals surface area contributed by atoms with Crippen molar-refractivity contribution in [2.24, 2.45) is 11.8 Å². The Labute approximate surface area is 166 Å². The van der Waals surface area contributed by atoms with Crippen LogP contribution >= 0.6 is 0 Å². The number of rotatable bonds is 3. The number of hydrogen-bond donors (Lipinski definition) is 0. The first-order chi connectivity index (χ1) is 13.7. The van der Waals surface area contributed by atoms with E-state index in [0.29, 0.717) is 18.3 Å². The molecule has 3 nitrogen and oxygen atoms in total. The molecule has 28 heavy (non-hydrogen) atoms. The van der Waals surface area contributed by atoms with Crippen molar-refractivity contribution in [2.45, 2.75) is 31.7 Å². The molecule has 2 atom stereocenters. The lowest BCUT2D eigenvalue weighted by molar-refractivity contribution is -0.136. The summed E-state index contributed by atoms with van der Waals surface area (Å²) in [5, 5.41) is 0. The third-order valence-corrected chi connectivity index (χ3v) is 7.02. The molecular weight excluding hydrogens is 351 g/mol. The van der Waals surface area contributed by atoms with E-state index in [9.17, 15) is 9.18 Å². The molecule has 4 aliphatic rings. The zero-order chi connectivity index (χ0) is 19.1. The number of piperidine rings is 3. The molecule has 3 saturated heterocycles. The lowest BCUT2D eigenvalue weighted by atomic mass is 9.77. The molecule has 3 fully saturated rings. The monoisotopic (exact) mass is 378 g/mol. The Hall–Kier alpha value is -2.20. The molecule has 146 valence electrons. The predicted octanol–water partition coefficient (Wildman–Crippen LogP) is 4.03. The fourth-order valence-electron chi connectivity index (χ4n) is 5.50. The molecule has 0 radical (unpaired) electrons. The number of hydrogen-bond acceptors (Lipinski definition) is 2. The maximum Gasteiger partial charge on any atom is 0.223 e. The summed E-state index contributed by atoms with van der Waals surface area (Å²) in [4.78, 5) is 18.0. The summed E-state index contributed by atoms with van der Waals surface area (Å²) in [6.07, 6.45) is 4.01. The van der Waals surface area contributed by atoms with Crippen LogP contribution in [0, 0.1) is 17.7 Å². The van der Waals surface area contributed by atoms with Crippen molar-refractivity contribution in [3.05, 3.63) is 71.0 Å². The SMILES string of the molecule is O=C(C[C@H]1CN2CCC1CC2)N1CCc2ccccc2[C@@H]1c1ccc(F)cc1. The van der Waals surface area contributed by atoms with Crippen LogP contribution in [-0.4, -0.2) is 41.9 Å². The third-order valence-electron chi connectivity index (χ3n) is 7.02. The molecule has 0 unspecified atom stereocenters. The van der Waals surface area contributed by atoms with E-state index in [0.717, 1.165) is 25.1 Å². The summed E-state index contributed by atoms with van der Waals surface area (Å²) in [7, 11) is 0. The van der Waals surface area contributed by atoms with Crippen LogP contribution in [0.3, 0.4) is 0 Å². The van der Waals surface area contributed by atoms with Crippen molar-refractivity contribution in [3.63, 3.8) is 0 Å². The number of nitrogens with zero attached hydrogens (tertiary/aromatic N) is 2. The van der Waals surface area contributed by atoms with Crippen LogP contribution < -0.4 is 0 Å². The maximum absolute atomic E-state index is 13.5. The molecular formula is C24H27FN2O. The van der Waals surface area contributed by atoms with E-state index in [-0.39, 0.29) is 17.8 Å². The molecule has 0 aromatic heterocycles. The van der Waals surface area contributed by atoms with E-state index < -0.39 is 0 Å². The van der Waals surface area contributed by atoms with Gasteiger partial charge in [-0.3, -0.25) is 4.79 Å². The highest BCUT2D eigenvalue weighted by atomic mass is 19.1. The number of amides is 1. The number of halogens is 1. The molecule has 2 bridgehead atoms. The number of carbonyl (C=O) groups excluding carboxylic acids is 1. The lowest BCUT2D eigenvalue weighted by Gasteiger charge is -2.46. The lowest BCUT2D eigenvalue weighted by Crippen LogP contribution is -2.49. The van der Waals surface area contributed by atoms with E-state index in [2.05, 4.69) is 23.1 Å². The summed E-state index contributed by atoms with van der Waals surface area (Å²) < 4.78 is 13.5. The van der Waals surface area contributed by atoms with Gasteiger partial charge >= 0.3 is 0 Å². The highest BCUT2D eigenvalue weighted by Gasteiger charge is 2.38. The molecule has 4 heterocycles. The Kier molecular flexibility index (Phi) is 4.67. The van der Waals surface area contributed by atoms with Gasteiger partial charge < -0.3 is 9.80 Å². The van der Waals surface area contributed by atoms with Gasteiger partial charge in [-0.25, -0.2) is 4.39 Å². The van der Waals surface area contributed by atoms with E-state index in [1.165, 1.54) is 49.2 Å². The van der Waals surface area contributed by atoms with Crippen molar-refractivity contribution in [3.8, 4) is 0 Å². The second-order valence-corrected chi connectivity index (χ2v) is 8.59. The average Bonchev–Trinajstić information content (AvgIpc) is 2.74. The summed E-state index contributed by atoms with van der Waals surface area (Å²) >= 11 is 0. The van der Waals surface area contributed by atoms with Crippen LogP contribution in [0.2, 0.25) is 0 Å². The van der Waals surface area contributed by atoms with Gasteiger partial charge in [-0.05, 0) is 73.0 Å². The Morgan fingerprint density at radius 1 is 1.00 bits per heavy atom. The van der Waals surface area contributed by atoms with Gasteiger partial charge in [-0.15, -0.1) is 0 Å². The van der Waals surface area contributed by atoms with Gasteiger partial charge in [-0.2, -0.15) is 0 Å². The summed E-state index contributed by atoms with van der Waals surface area (Å²) in [6, 6.07) is 14.9. The van der Waals surface area contributed by atoms with Gasteiger partial charge in [0.1, 0.15) is 5.82 Å². The molecule has 0 N–H and O–H groups in total. The normalized spacial score (nSPS) is 28.8. The minimum absolute atomic E-state index is 0.112. The number of fused-ring (bicyclic) bond motifs is 4. The van der Waals surface area contributed by atoms with Crippen LogP contribution in [0.1, 0.15) is 42.0 Å². The van der Waals surface area contributed by atoms with Crippen molar-refractivity contribution >= 4 is 5.91 Å². The van der Waals surface area contributed by atoms with Gasteiger partial charge in [0.05, 0.1) is 6.04 Å². The van der Waals surface area contributed by atoms with Crippen molar-refractivity contribution in [1.82, 2.24) is 9.80 Å². The van der Waals surface area contributed by atoms with E-state index in [4.69, 9.17) is 0 Å². The summed E-state index contributed by atoms with van der Waals surface area (Å²) in [6.45, 7) is 4.20. The first-order valence-electron chi connectivity index (χ1n) is 10.5. The number of carbonyl (C=O) groups is 1. The first kappa shape index (κ1) is 17.9. The van der Waals surface area contributed by atoms with Gasteiger partial charge in [0, 0.05) is 19.5 Å². The minimum atomic E-state index is -0.238. The van der Waals surface area contributed by atoms with Crippen LogP contribution in [0.4, 0.5) is 4.39 Å². The zero-order valence-electron chi connectivity index (χ0n) is 16.2. The van der Waals surface area contributed by atoms with Gasteiger partial charge in [0.15, 0.2) is 0 Å². The largest absolute Gasteiger partial charge is 0.331 e. The molecule has 0 aliphatic carbocycles. The van der Waals surface area contributed by atoms with Crippen LogP contribution in [0.25, 0.3) is 0 Å². The Morgan fingerprint density at radius 3 is 2.46 bits per heavy atom. The standard InChI is InChI=1S/C24H27FN2O/c25-21-7-5-19(6-8-21)24-22-4-2-1-3-18(22)11-14-27(24)23(28)15-20-16-26-12-9-17(20)10-13-26/h1-8,17,20,24H,9-16H2/t20-,24-/m0/s1. The predicted molar refractivity (Wildman–Crippen MR) is 107 cm³/mol. The molecule has 1 amide bonds. The molecule has 6 rings (SSSR count).